The van der Waals surface area contributed by atoms with Crippen LogP contribution in [-0.4, -0.2) is 36.5 Å². The van der Waals surface area contributed by atoms with Crippen LogP contribution in [0.25, 0.3) is 0 Å². The molecule has 0 saturated heterocycles. The Morgan fingerprint density at radius 2 is 2.14 bits per heavy atom. The zero-order chi connectivity index (χ0) is 15.2. The lowest BCUT2D eigenvalue weighted by atomic mass is 10.1. The molecule has 0 fully saturated rings. The molecule has 3 rings (SSSR count). The van der Waals surface area contributed by atoms with Crippen molar-refractivity contribution in [3.05, 3.63) is 59.8 Å². The van der Waals surface area contributed by atoms with Crippen LogP contribution >= 0.6 is 0 Å². The molecule has 4 nitrogen and oxygen atoms in total. The number of rotatable bonds is 7. The predicted molar refractivity (Wildman–Crippen MR) is 88.5 cm³/mol. The number of nitrogens with one attached hydrogen (secondary N) is 2. The van der Waals surface area contributed by atoms with Crippen LogP contribution in [0.15, 0.2) is 48.7 Å². The van der Waals surface area contributed by atoms with Gasteiger partial charge < -0.3 is 15.5 Å². The standard InChI is InChI=1S/C18H23N3O/c22-18-17-9-2-1-7-15(17)14-21(18)12-6-5-10-19-13-16-8-3-4-11-20-16/h1-4,7-9,11,16,19-20H,5-6,10,12-14H2. The minimum absolute atomic E-state index is 0.187. The lowest BCUT2D eigenvalue weighted by Gasteiger charge is -2.17. The highest BCUT2D eigenvalue weighted by Gasteiger charge is 2.25. The fraction of sp³-hybridized carbons (Fsp3) is 0.389. The molecule has 0 radical (unpaired) electrons. The van der Waals surface area contributed by atoms with Gasteiger partial charge in [-0.1, -0.05) is 30.4 Å². The molecule has 1 aromatic carbocycles. The summed E-state index contributed by atoms with van der Waals surface area (Å²) in [6.07, 6.45) is 10.3. The van der Waals surface area contributed by atoms with E-state index in [1.54, 1.807) is 0 Å². The maximum absolute atomic E-state index is 12.2. The van der Waals surface area contributed by atoms with Gasteiger partial charge in [0.25, 0.3) is 5.91 Å². The first kappa shape index (κ1) is 14.9. The quantitative estimate of drug-likeness (QED) is 0.757. The monoisotopic (exact) mass is 297 g/mol. The van der Waals surface area contributed by atoms with E-state index in [4.69, 9.17) is 0 Å². The number of hydrogen-bond donors (Lipinski definition) is 2. The molecule has 2 aliphatic rings. The Balaban J connectivity index is 1.31. The molecule has 2 aliphatic heterocycles. The molecule has 0 aliphatic carbocycles. The van der Waals surface area contributed by atoms with Crippen molar-refractivity contribution in [2.45, 2.75) is 25.4 Å². The van der Waals surface area contributed by atoms with Gasteiger partial charge in [-0.05, 0) is 43.3 Å². The van der Waals surface area contributed by atoms with Crippen LogP contribution in [0.1, 0.15) is 28.8 Å². The Morgan fingerprint density at radius 3 is 2.95 bits per heavy atom. The van der Waals surface area contributed by atoms with Gasteiger partial charge in [0, 0.05) is 25.2 Å². The average Bonchev–Trinajstić information content (AvgIpc) is 2.88. The number of fused-ring (bicyclic) bond motifs is 1. The van der Waals surface area contributed by atoms with E-state index in [0.717, 1.165) is 50.1 Å². The first-order valence-corrected chi connectivity index (χ1v) is 8.02. The van der Waals surface area contributed by atoms with Gasteiger partial charge in [-0.15, -0.1) is 0 Å². The van der Waals surface area contributed by atoms with E-state index in [1.807, 2.05) is 41.4 Å². The lowest BCUT2D eigenvalue weighted by molar-refractivity contribution is 0.0776. The number of dihydropyridines is 1. The van der Waals surface area contributed by atoms with Gasteiger partial charge >= 0.3 is 0 Å². The number of carbonyl (C=O) groups is 1. The van der Waals surface area contributed by atoms with Gasteiger partial charge in [0.15, 0.2) is 0 Å². The minimum atomic E-state index is 0.187. The molecule has 1 atom stereocenters. The number of nitrogens with zero attached hydrogens (tertiary/aromatic N) is 1. The molecule has 4 heteroatoms. The van der Waals surface area contributed by atoms with Crippen molar-refractivity contribution in [2.75, 3.05) is 19.6 Å². The highest BCUT2D eigenvalue weighted by atomic mass is 16.2. The maximum atomic E-state index is 12.2. The minimum Gasteiger partial charge on any atom is -0.383 e. The Kier molecular flexibility index (Phi) is 4.91. The number of carbonyl (C=O) groups excluding carboxylic acids is 1. The lowest BCUT2D eigenvalue weighted by Crippen LogP contribution is -2.35. The summed E-state index contributed by atoms with van der Waals surface area (Å²) >= 11 is 0. The van der Waals surface area contributed by atoms with E-state index in [2.05, 4.69) is 22.8 Å². The van der Waals surface area contributed by atoms with Crippen LogP contribution in [0.3, 0.4) is 0 Å². The molecule has 1 unspecified atom stereocenters. The van der Waals surface area contributed by atoms with Crippen molar-refractivity contribution in [3.8, 4) is 0 Å². The Morgan fingerprint density at radius 1 is 1.23 bits per heavy atom. The molecule has 2 heterocycles. The summed E-state index contributed by atoms with van der Waals surface area (Å²) in [4.78, 5) is 14.2. The van der Waals surface area contributed by atoms with Crippen molar-refractivity contribution < 1.29 is 4.79 Å². The second-order valence-electron chi connectivity index (χ2n) is 5.81. The molecule has 0 spiro atoms. The second-order valence-corrected chi connectivity index (χ2v) is 5.81. The van der Waals surface area contributed by atoms with Crippen LogP contribution in [0, 0.1) is 0 Å². The molecular formula is C18H23N3O. The zero-order valence-electron chi connectivity index (χ0n) is 12.8. The van der Waals surface area contributed by atoms with E-state index < -0.39 is 0 Å². The van der Waals surface area contributed by atoms with E-state index in [-0.39, 0.29) is 5.91 Å². The molecular weight excluding hydrogens is 274 g/mol. The predicted octanol–water partition coefficient (Wildman–Crippen LogP) is 2.05. The summed E-state index contributed by atoms with van der Waals surface area (Å²) in [5, 5.41) is 6.75. The summed E-state index contributed by atoms with van der Waals surface area (Å²) < 4.78 is 0. The zero-order valence-corrected chi connectivity index (χ0v) is 12.8. The molecule has 22 heavy (non-hydrogen) atoms. The normalized spacial score (nSPS) is 19.4. The molecule has 0 saturated carbocycles. The van der Waals surface area contributed by atoms with Crippen molar-refractivity contribution in [1.82, 2.24) is 15.5 Å². The third kappa shape index (κ3) is 3.57. The number of benzene rings is 1. The van der Waals surface area contributed by atoms with Gasteiger partial charge in [-0.2, -0.15) is 0 Å². The molecule has 1 aromatic rings. The van der Waals surface area contributed by atoms with Crippen molar-refractivity contribution in [1.29, 1.82) is 0 Å². The second kappa shape index (κ2) is 7.27. The van der Waals surface area contributed by atoms with Gasteiger partial charge in [0.2, 0.25) is 0 Å². The first-order valence-electron chi connectivity index (χ1n) is 8.02. The number of unbranched alkanes of at least 4 members (excludes halogenated alkanes) is 1. The topological polar surface area (TPSA) is 44.4 Å². The Labute approximate surface area is 131 Å². The van der Waals surface area contributed by atoms with Crippen LogP contribution in [-0.2, 0) is 6.54 Å². The summed E-state index contributed by atoms with van der Waals surface area (Å²) in [7, 11) is 0. The largest absolute Gasteiger partial charge is 0.383 e. The van der Waals surface area contributed by atoms with Crippen molar-refractivity contribution in [2.24, 2.45) is 0 Å². The van der Waals surface area contributed by atoms with Gasteiger partial charge in [0.05, 0.1) is 6.04 Å². The van der Waals surface area contributed by atoms with E-state index in [0.29, 0.717) is 6.04 Å². The fourth-order valence-electron chi connectivity index (χ4n) is 2.92. The maximum Gasteiger partial charge on any atom is 0.254 e. The average molecular weight is 297 g/mol. The van der Waals surface area contributed by atoms with Crippen LogP contribution in [0.5, 0.6) is 0 Å². The summed E-state index contributed by atoms with van der Waals surface area (Å²) in [6.45, 7) is 3.55. The van der Waals surface area contributed by atoms with Crippen molar-refractivity contribution in [3.63, 3.8) is 0 Å². The Bertz CT molecular complexity index is 579. The van der Waals surface area contributed by atoms with E-state index in [9.17, 15) is 4.79 Å². The number of hydrogen-bond acceptors (Lipinski definition) is 3. The fourth-order valence-corrected chi connectivity index (χ4v) is 2.92. The van der Waals surface area contributed by atoms with Crippen LogP contribution in [0.2, 0.25) is 0 Å². The Hall–Kier alpha value is -2.07. The SMILES string of the molecule is O=C1c2ccccc2CN1CCCCNCC1C=CC=CN1. The van der Waals surface area contributed by atoms with Crippen molar-refractivity contribution >= 4 is 5.91 Å². The molecule has 2 N–H and O–H groups in total. The molecule has 116 valence electrons. The third-order valence-corrected chi connectivity index (χ3v) is 4.15. The summed E-state index contributed by atoms with van der Waals surface area (Å²) in [5.41, 5.74) is 2.04. The van der Waals surface area contributed by atoms with Gasteiger partial charge in [-0.25, -0.2) is 0 Å². The third-order valence-electron chi connectivity index (χ3n) is 4.15. The number of amides is 1. The summed E-state index contributed by atoms with van der Waals surface area (Å²) in [6, 6.07) is 8.31. The van der Waals surface area contributed by atoms with E-state index >= 15 is 0 Å². The van der Waals surface area contributed by atoms with Gasteiger partial charge in [-0.3, -0.25) is 4.79 Å². The highest BCUT2D eigenvalue weighted by molar-refractivity contribution is 5.98. The first-order chi connectivity index (χ1) is 10.8. The highest BCUT2D eigenvalue weighted by Crippen LogP contribution is 2.22. The van der Waals surface area contributed by atoms with E-state index in [1.165, 1.54) is 0 Å². The molecule has 0 bridgehead atoms. The number of allylic oxidation sites excluding steroid dienone is 2. The molecule has 1 amide bonds. The van der Waals surface area contributed by atoms with Gasteiger partial charge in [0.1, 0.15) is 0 Å². The van der Waals surface area contributed by atoms with Crippen LogP contribution in [0.4, 0.5) is 0 Å². The summed E-state index contributed by atoms with van der Waals surface area (Å²) in [5.74, 6) is 0.187. The molecule has 0 aromatic heterocycles. The smallest absolute Gasteiger partial charge is 0.254 e. The van der Waals surface area contributed by atoms with Crippen LogP contribution < -0.4 is 10.6 Å².